The molecule has 0 saturated carbocycles. The Morgan fingerprint density at radius 3 is 2.32 bits per heavy atom. The van der Waals surface area contributed by atoms with Gasteiger partial charge < -0.3 is 0 Å². The fourth-order valence-corrected chi connectivity index (χ4v) is 3.25. The number of nitrogens with one attached hydrogen (secondary N) is 1. The van der Waals surface area contributed by atoms with E-state index in [0.29, 0.717) is 6.54 Å². The summed E-state index contributed by atoms with van der Waals surface area (Å²) in [6.45, 7) is 0.300. The molecule has 1 N–H and O–H groups in total. The van der Waals surface area contributed by atoms with Crippen LogP contribution in [0.2, 0.25) is 0 Å². The highest BCUT2D eigenvalue weighted by atomic mass is 79.9. The molecule has 0 aromatic heterocycles. The molecule has 2 rings (SSSR count). The highest BCUT2D eigenvalue weighted by molar-refractivity contribution is 9.10. The molecule has 0 aliphatic heterocycles. The molecule has 0 aliphatic carbocycles. The minimum Gasteiger partial charge on any atom is -0.212 e. The van der Waals surface area contributed by atoms with Gasteiger partial charge in [-0.3, -0.25) is 0 Å². The van der Waals surface area contributed by atoms with Gasteiger partial charge in [0, 0.05) is 11.0 Å². The van der Waals surface area contributed by atoms with Crippen LogP contribution in [0.3, 0.4) is 0 Å². The molecule has 0 atom stereocenters. The fraction of sp³-hybridized carbons (Fsp3) is 0.143. The summed E-state index contributed by atoms with van der Waals surface area (Å²) in [6.07, 6.45) is 0. The molecule has 5 heteroatoms. The van der Waals surface area contributed by atoms with Gasteiger partial charge in [0.15, 0.2) is 0 Å². The lowest BCUT2D eigenvalue weighted by Gasteiger charge is -2.07. The van der Waals surface area contributed by atoms with Gasteiger partial charge in [-0.25, -0.2) is 13.1 Å². The Balaban J connectivity index is 1.98. The zero-order valence-corrected chi connectivity index (χ0v) is 12.6. The smallest absolute Gasteiger partial charge is 0.212 e. The van der Waals surface area contributed by atoms with Crippen molar-refractivity contribution in [3.63, 3.8) is 0 Å². The van der Waals surface area contributed by atoms with Crippen molar-refractivity contribution in [2.45, 2.75) is 12.3 Å². The zero-order valence-electron chi connectivity index (χ0n) is 10.2. The summed E-state index contributed by atoms with van der Waals surface area (Å²) in [4.78, 5) is 0. The molecule has 0 fully saturated rings. The Morgan fingerprint density at radius 2 is 1.63 bits per heavy atom. The molecule has 0 bridgehead atoms. The van der Waals surface area contributed by atoms with Crippen molar-refractivity contribution in [1.29, 1.82) is 0 Å². The second kappa shape index (κ2) is 6.32. The molecule has 0 aliphatic rings. The van der Waals surface area contributed by atoms with Gasteiger partial charge in [-0.2, -0.15) is 0 Å². The average Bonchev–Trinajstić information content (AvgIpc) is 2.37. The molecular weight excluding hydrogens is 326 g/mol. The summed E-state index contributed by atoms with van der Waals surface area (Å²) in [6, 6.07) is 16.7. The Kier molecular flexibility index (Phi) is 4.74. The van der Waals surface area contributed by atoms with Crippen LogP contribution in [-0.4, -0.2) is 8.42 Å². The second-order valence-corrected chi connectivity index (χ2v) is 6.92. The molecule has 0 spiro atoms. The van der Waals surface area contributed by atoms with Crippen LogP contribution < -0.4 is 4.72 Å². The largest absolute Gasteiger partial charge is 0.216 e. The molecule has 0 unspecified atom stereocenters. The molecule has 100 valence electrons. The van der Waals surface area contributed by atoms with E-state index in [1.165, 1.54) is 0 Å². The van der Waals surface area contributed by atoms with E-state index in [9.17, 15) is 8.42 Å². The van der Waals surface area contributed by atoms with Crippen LogP contribution in [0.4, 0.5) is 0 Å². The van der Waals surface area contributed by atoms with Crippen molar-refractivity contribution in [3.05, 3.63) is 70.2 Å². The van der Waals surface area contributed by atoms with Gasteiger partial charge >= 0.3 is 0 Å². The quantitative estimate of drug-likeness (QED) is 0.909. The lowest BCUT2D eigenvalue weighted by molar-refractivity contribution is 0.580. The van der Waals surface area contributed by atoms with Crippen LogP contribution >= 0.6 is 15.9 Å². The average molecular weight is 340 g/mol. The molecule has 2 aromatic rings. The second-order valence-electron chi connectivity index (χ2n) is 4.20. The number of sulfonamides is 1. The minimum atomic E-state index is -3.31. The summed E-state index contributed by atoms with van der Waals surface area (Å²) >= 11 is 3.36. The Bertz CT molecular complexity index is 642. The Morgan fingerprint density at radius 1 is 0.947 bits per heavy atom. The van der Waals surface area contributed by atoms with Crippen LogP contribution in [0, 0.1) is 0 Å². The van der Waals surface area contributed by atoms with E-state index in [0.717, 1.165) is 15.6 Å². The monoisotopic (exact) mass is 339 g/mol. The summed E-state index contributed by atoms with van der Waals surface area (Å²) in [7, 11) is -3.31. The number of hydrogen-bond acceptors (Lipinski definition) is 2. The molecule has 19 heavy (non-hydrogen) atoms. The summed E-state index contributed by atoms with van der Waals surface area (Å²) in [5, 5.41) is 0. The van der Waals surface area contributed by atoms with Crippen LogP contribution in [0.25, 0.3) is 0 Å². The third kappa shape index (κ3) is 4.78. The first-order chi connectivity index (χ1) is 9.05. The third-order valence-electron chi connectivity index (χ3n) is 2.58. The van der Waals surface area contributed by atoms with Crippen molar-refractivity contribution in [2.75, 3.05) is 0 Å². The van der Waals surface area contributed by atoms with Gasteiger partial charge in [-0.05, 0) is 23.3 Å². The summed E-state index contributed by atoms with van der Waals surface area (Å²) < 4.78 is 27.4. The van der Waals surface area contributed by atoms with E-state index >= 15 is 0 Å². The predicted octanol–water partition coefficient (Wildman–Crippen LogP) is 3.07. The van der Waals surface area contributed by atoms with Crippen molar-refractivity contribution < 1.29 is 8.42 Å². The summed E-state index contributed by atoms with van der Waals surface area (Å²) in [5.74, 6) is 0.00183. The van der Waals surface area contributed by atoms with Crippen LogP contribution in [0.5, 0.6) is 0 Å². The third-order valence-corrected chi connectivity index (χ3v) is 4.38. The Labute approximate surface area is 121 Å². The predicted molar refractivity (Wildman–Crippen MR) is 80.0 cm³/mol. The lowest BCUT2D eigenvalue weighted by atomic mass is 10.2. The molecule has 0 saturated heterocycles. The van der Waals surface area contributed by atoms with E-state index in [2.05, 4.69) is 20.7 Å². The van der Waals surface area contributed by atoms with E-state index in [4.69, 9.17) is 0 Å². The van der Waals surface area contributed by atoms with Crippen LogP contribution in [0.1, 0.15) is 11.1 Å². The van der Waals surface area contributed by atoms with Gasteiger partial charge in [0.25, 0.3) is 0 Å². The first-order valence-corrected chi connectivity index (χ1v) is 8.25. The van der Waals surface area contributed by atoms with Crippen molar-refractivity contribution >= 4 is 26.0 Å². The van der Waals surface area contributed by atoms with Crippen molar-refractivity contribution in [1.82, 2.24) is 4.72 Å². The molecular formula is C14H14BrNO2S. The summed E-state index contributed by atoms with van der Waals surface area (Å²) in [5.41, 5.74) is 1.70. The van der Waals surface area contributed by atoms with Crippen molar-refractivity contribution in [2.24, 2.45) is 0 Å². The van der Waals surface area contributed by atoms with Crippen molar-refractivity contribution in [3.8, 4) is 0 Å². The maximum absolute atomic E-state index is 11.9. The Hall–Kier alpha value is -1.17. The first kappa shape index (κ1) is 14.2. The zero-order chi connectivity index (χ0) is 13.7. The molecule has 0 amide bonds. The van der Waals surface area contributed by atoms with Gasteiger partial charge in [0.2, 0.25) is 10.0 Å². The van der Waals surface area contributed by atoms with Gasteiger partial charge in [0.1, 0.15) is 0 Å². The number of halogens is 1. The van der Waals surface area contributed by atoms with Crippen LogP contribution in [-0.2, 0) is 22.3 Å². The maximum Gasteiger partial charge on any atom is 0.216 e. The van der Waals surface area contributed by atoms with E-state index in [-0.39, 0.29) is 5.75 Å². The van der Waals surface area contributed by atoms with Gasteiger partial charge in [-0.15, -0.1) is 0 Å². The fourth-order valence-electron chi connectivity index (χ4n) is 1.68. The molecule has 0 heterocycles. The normalized spacial score (nSPS) is 11.4. The topological polar surface area (TPSA) is 46.2 Å². The molecule has 0 radical (unpaired) electrons. The van der Waals surface area contributed by atoms with E-state index < -0.39 is 10.0 Å². The highest BCUT2D eigenvalue weighted by Crippen LogP contribution is 2.12. The van der Waals surface area contributed by atoms with Crippen LogP contribution in [0.15, 0.2) is 59.1 Å². The maximum atomic E-state index is 11.9. The standard InChI is InChI=1S/C14H14BrNO2S/c15-14-8-4-7-13(9-14)10-16-19(17,18)11-12-5-2-1-3-6-12/h1-9,16H,10-11H2. The van der Waals surface area contributed by atoms with Gasteiger partial charge in [0.05, 0.1) is 5.75 Å². The minimum absolute atomic E-state index is 0.00183. The number of rotatable bonds is 5. The van der Waals surface area contributed by atoms with E-state index in [1.807, 2.05) is 42.5 Å². The number of benzene rings is 2. The lowest BCUT2D eigenvalue weighted by Crippen LogP contribution is -2.24. The number of hydrogen-bond donors (Lipinski definition) is 1. The molecule has 3 nitrogen and oxygen atoms in total. The molecule has 2 aromatic carbocycles. The van der Waals surface area contributed by atoms with Gasteiger partial charge in [-0.1, -0.05) is 58.4 Å². The SMILES string of the molecule is O=S(=O)(Cc1ccccc1)NCc1cccc(Br)c1. The highest BCUT2D eigenvalue weighted by Gasteiger charge is 2.10. The first-order valence-electron chi connectivity index (χ1n) is 5.81. The van der Waals surface area contributed by atoms with E-state index in [1.54, 1.807) is 12.1 Å².